The van der Waals surface area contributed by atoms with Gasteiger partial charge in [-0.05, 0) is 43.9 Å². The second-order valence-corrected chi connectivity index (χ2v) is 8.93. The van der Waals surface area contributed by atoms with E-state index < -0.39 is 9.84 Å². The fraction of sp³-hybridized carbons (Fsp3) is 1.00. The SMILES string of the molecule is O=S1(=O)CCC(NCCN(CC2CC2)CC2CC2)C1. The molecule has 0 amide bonds. The summed E-state index contributed by atoms with van der Waals surface area (Å²) in [5.74, 6) is 2.62. The Kier molecular flexibility index (Phi) is 4.15. The number of nitrogens with one attached hydrogen (secondary N) is 1. The van der Waals surface area contributed by atoms with E-state index in [0.717, 1.165) is 31.3 Å². The van der Waals surface area contributed by atoms with Crippen molar-refractivity contribution < 1.29 is 8.42 Å². The van der Waals surface area contributed by atoms with Gasteiger partial charge in [0, 0.05) is 32.2 Å². The molecule has 1 heterocycles. The maximum atomic E-state index is 11.4. The second kappa shape index (κ2) is 5.70. The van der Waals surface area contributed by atoms with Crippen LogP contribution in [0.5, 0.6) is 0 Å². The van der Waals surface area contributed by atoms with Crippen molar-refractivity contribution in [3.05, 3.63) is 0 Å². The molecule has 2 aliphatic carbocycles. The standard InChI is InChI=1S/C14H26N2O2S/c17-19(18)8-5-14(11-19)15-6-7-16(9-12-1-2-12)10-13-3-4-13/h12-15H,1-11H2. The van der Waals surface area contributed by atoms with Gasteiger partial charge in [0.1, 0.15) is 0 Å². The van der Waals surface area contributed by atoms with Crippen LogP contribution in [-0.4, -0.2) is 57.0 Å². The van der Waals surface area contributed by atoms with Crippen molar-refractivity contribution >= 4 is 9.84 Å². The van der Waals surface area contributed by atoms with E-state index in [2.05, 4.69) is 10.2 Å². The van der Waals surface area contributed by atoms with Gasteiger partial charge in [-0.15, -0.1) is 0 Å². The highest BCUT2D eigenvalue weighted by atomic mass is 32.2. The average Bonchev–Trinajstić information content (AvgIpc) is 3.23. The highest BCUT2D eigenvalue weighted by Gasteiger charge is 2.30. The lowest BCUT2D eigenvalue weighted by Crippen LogP contribution is -2.39. The van der Waals surface area contributed by atoms with Crippen molar-refractivity contribution in [3.63, 3.8) is 0 Å². The molecule has 1 saturated heterocycles. The lowest BCUT2D eigenvalue weighted by atomic mass is 10.2. The Morgan fingerprint density at radius 3 is 2.11 bits per heavy atom. The van der Waals surface area contributed by atoms with Gasteiger partial charge in [0.2, 0.25) is 0 Å². The zero-order chi connectivity index (χ0) is 13.3. The monoisotopic (exact) mass is 286 g/mol. The van der Waals surface area contributed by atoms with Gasteiger partial charge < -0.3 is 10.2 Å². The summed E-state index contributed by atoms with van der Waals surface area (Å²) in [6.07, 6.45) is 6.45. The molecule has 19 heavy (non-hydrogen) atoms. The van der Waals surface area contributed by atoms with Crippen molar-refractivity contribution in [1.29, 1.82) is 0 Å². The Balaban J connectivity index is 1.36. The van der Waals surface area contributed by atoms with E-state index in [0.29, 0.717) is 11.5 Å². The number of hydrogen-bond acceptors (Lipinski definition) is 4. The largest absolute Gasteiger partial charge is 0.312 e. The lowest BCUT2D eigenvalue weighted by molar-refractivity contribution is 0.249. The first-order valence-electron chi connectivity index (χ1n) is 7.77. The molecule has 2 saturated carbocycles. The van der Waals surface area contributed by atoms with Crippen LogP contribution in [0.25, 0.3) is 0 Å². The number of nitrogens with zero attached hydrogens (tertiary/aromatic N) is 1. The third kappa shape index (κ3) is 4.72. The molecule has 1 atom stereocenters. The summed E-state index contributed by atoms with van der Waals surface area (Å²) in [4.78, 5) is 2.60. The van der Waals surface area contributed by atoms with E-state index in [4.69, 9.17) is 0 Å². The van der Waals surface area contributed by atoms with E-state index in [1.54, 1.807) is 0 Å². The second-order valence-electron chi connectivity index (χ2n) is 6.70. The Morgan fingerprint density at radius 2 is 1.63 bits per heavy atom. The molecule has 0 radical (unpaired) electrons. The molecule has 3 aliphatic rings. The molecule has 1 N–H and O–H groups in total. The highest BCUT2D eigenvalue weighted by Crippen LogP contribution is 2.33. The average molecular weight is 286 g/mol. The number of rotatable bonds is 8. The van der Waals surface area contributed by atoms with Crippen molar-refractivity contribution in [1.82, 2.24) is 10.2 Å². The van der Waals surface area contributed by atoms with Gasteiger partial charge in [0.25, 0.3) is 0 Å². The number of sulfone groups is 1. The molecule has 4 nitrogen and oxygen atoms in total. The topological polar surface area (TPSA) is 49.4 Å². The van der Waals surface area contributed by atoms with Gasteiger partial charge in [-0.25, -0.2) is 8.42 Å². The molecule has 3 fully saturated rings. The minimum Gasteiger partial charge on any atom is -0.312 e. The van der Waals surface area contributed by atoms with Crippen LogP contribution >= 0.6 is 0 Å². The predicted octanol–water partition coefficient (Wildman–Crippen LogP) is 0.885. The summed E-state index contributed by atoms with van der Waals surface area (Å²) >= 11 is 0. The minimum atomic E-state index is -2.74. The molecular formula is C14H26N2O2S. The smallest absolute Gasteiger partial charge is 0.151 e. The molecule has 0 aromatic rings. The van der Waals surface area contributed by atoms with E-state index >= 15 is 0 Å². The molecule has 5 heteroatoms. The Labute approximate surface area is 116 Å². The van der Waals surface area contributed by atoms with Crippen LogP contribution in [0.1, 0.15) is 32.1 Å². The van der Waals surface area contributed by atoms with Crippen molar-refractivity contribution in [2.45, 2.75) is 38.1 Å². The maximum absolute atomic E-state index is 11.4. The van der Waals surface area contributed by atoms with Crippen LogP contribution in [0.2, 0.25) is 0 Å². The molecule has 0 aromatic heterocycles. The van der Waals surface area contributed by atoms with Gasteiger partial charge >= 0.3 is 0 Å². The first-order valence-corrected chi connectivity index (χ1v) is 9.59. The van der Waals surface area contributed by atoms with Crippen LogP contribution in [0, 0.1) is 11.8 Å². The molecule has 0 bridgehead atoms. The molecule has 110 valence electrons. The van der Waals surface area contributed by atoms with Crippen LogP contribution in [0.15, 0.2) is 0 Å². The highest BCUT2D eigenvalue weighted by molar-refractivity contribution is 7.91. The summed E-state index contributed by atoms with van der Waals surface area (Å²) in [6.45, 7) is 4.56. The quantitative estimate of drug-likeness (QED) is 0.720. The van der Waals surface area contributed by atoms with Crippen LogP contribution in [0.3, 0.4) is 0 Å². The normalized spacial score (nSPS) is 30.1. The van der Waals surface area contributed by atoms with Gasteiger partial charge in [0.15, 0.2) is 9.84 Å². The van der Waals surface area contributed by atoms with Gasteiger partial charge in [-0.1, -0.05) is 0 Å². The van der Waals surface area contributed by atoms with Crippen LogP contribution in [-0.2, 0) is 9.84 Å². The predicted molar refractivity (Wildman–Crippen MR) is 76.9 cm³/mol. The molecule has 1 unspecified atom stereocenters. The third-order valence-electron chi connectivity index (χ3n) is 4.52. The Hall–Kier alpha value is -0.130. The zero-order valence-electron chi connectivity index (χ0n) is 11.7. The summed E-state index contributed by atoms with van der Waals surface area (Å²) in [7, 11) is -2.74. The number of hydrogen-bond donors (Lipinski definition) is 1. The molecule has 0 aromatic carbocycles. The van der Waals surface area contributed by atoms with E-state index in [9.17, 15) is 8.42 Å². The van der Waals surface area contributed by atoms with Gasteiger partial charge in [-0.3, -0.25) is 0 Å². The van der Waals surface area contributed by atoms with Crippen LogP contribution in [0.4, 0.5) is 0 Å². The first-order chi connectivity index (χ1) is 9.11. The summed E-state index contributed by atoms with van der Waals surface area (Å²) in [6, 6.07) is 0.202. The Morgan fingerprint density at radius 1 is 1.00 bits per heavy atom. The van der Waals surface area contributed by atoms with Gasteiger partial charge in [0.05, 0.1) is 11.5 Å². The van der Waals surface area contributed by atoms with Crippen molar-refractivity contribution in [2.24, 2.45) is 11.8 Å². The molecule has 0 spiro atoms. The fourth-order valence-corrected chi connectivity index (χ4v) is 4.68. The lowest BCUT2D eigenvalue weighted by Gasteiger charge is -2.23. The summed E-state index contributed by atoms with van der Waals surface area (Å²) in [5, 5.41) is 3.43. The van der Waals surface area contributed by atoms with Gasteiger partial charge in [-0.2, -0.15) is 0 Å². The van der Waals surface area contributed by atoms with E-state index in [1.165, 1.54) is 38.8 Å². The first kappa shape index (κ1) is 13.8. The summed E-state index contributed by atoms with van der Waals surface area (Å²) < 4.78 is 22.8. The molecule has 3 rings (SSSR count). The fourth-order valence-electron chi connectivity index (χ4n) is 2.97. The maximum Gasteiger partial charge on any atom is 0.151 e. The van der Waals surface area contributed by atoms with Crippen molar-refractivity contribution in [3.8, 4) is 0 Å². The third-order valence-corrected chi connectivity index (χ3v) is 6.29. The van der Waals surface area contributed by atoms with Crippen molar-refractivity contribution in [2.75, 3.05) is 37.7 Å². The minimum absolute atomic E-state index is 0.202. The molecular weight excluding hydrogens is 260 g/mol. The molecule has 1 aliphatic heterocycles. The van der Waals surface area contributed by atoms with E-state index in [1.807, 2.05) is 0 Å². The van der Waals surface area contributed by atoms with E-state index in [-0.39, 0.29) is 6.04 Å². The van der Waals surface area contributed by atoms with Crippen LogP contribution < -0.4 is 5.32 Å². The zero-order valence-corrected chi connectivity index (χ0v) is 12.5. The summed E-state index contributed by atoms with van der Waals surface area (Å²) in [5.41, 5.74) is 0. The Bertz CT molecular complexity index is 388.